The van der Waals surface area contributed by atoms with Gasteiger partial charge in [-0.1, -0.05) is 314 Å². The molecule has 9 nitrogen and oxygen atoms in total. The number of carbonyl (C=O) groups is 2. The highest BCUT2D eigenvalue weighted by Crippen LogP contribution is 2.43. The molecule has 79 heavy (non-hydrogen) atoms. The molecule has 0 amide bonds. The topological polar surface area (TPSA) is 134 Å². The van der Waals surface area contributed by atoms with Gasteiger partial charge in [0, 0.05) is 19.4 Å². The molecule has 0 radical (unpaired) electrons. The highest BCUT2D eigenvalue weighted by Gasteiger charge is 2.26. The number of nitrogens with two attached hydrogens (primary N) is 1. The lowest BCUT2D eigenvalue weighted by Crippen LogP contribution is -2.29. The van der Waals surface area contributed by atoms with Crippen LogP contribution < -0.4 is 5.73 Å². The first-order chi connectivity index (χ1) is 38.8. The third-order valence-electron chi connectivity index (χ3n) is 15.5. The van der Waals surface area contributed by atoms with E-state index in [0.29, 0.717) is 6.42 Å². The van der Waals surface area contributed by atoms with Gasteiger partial charge in [-0.15, -0.1) is 0 Å². The Morgan fingerprint density at radius 3 is 0.975 bits per heavy atom. The summed E-state index contributed by atoms with van der Waals surface area (Å²) in [7, 11) is -4.39. The molecule has 2 atom stereocenters. The molecular formula is C69H132NO8P. The van der Waals surface area contributed by atoms with Crippen LogP contribution in [0.2, 0.25) is 0 Å². The fraction of sp³-hybridized carbons (Fsp3) is 0.884. The average molecular weight is 1130 g/mol. The van der Waals surface area contributed by atoms with Gasteiger partial charge in [-0.05, 0) is 70.6 Å². The summed E-state index contributed by atoms with van der Waals surface area (Å²) in [6, 6.07) is 0. The number of carbonyl (C=O) groups excluding carboxylic acids is 2. The third-order valence-corrected chi connectivity index (χ3v) is 16.5. The Balaban J connectivity index is 3.83. The van der Waals surface area contributed by atoms with Gasteiger partial charge in [0.25, 0.3) is 0 Å². The molecule has 0 aliphatic rings. The summed E-state index contributed by atoms with van der Waals surface area (Å²) in [5.41, 5.74) is 5.40. The first-order valence-corrected chi connectivity index (χ1v) is 36.0. The van der Waals surface area contributed by atoms with Crippen LogP contribution >= 0.6 is 7.82 Å². The molecule has 3 N–H and O–H groups in total. The Morgan fingerprint density at radius 1 is 0.380 bits per heavy atom. The zero-order chi connectivity index (χ0) is 57.3. The first kappa shape index (κ1) is 77.2. The zero-order valence-electron chi connectivity index (χ0n) is 52.4. The molecular weight excluding hydrogens is 1000 g/mol. The van der Waals surface area contributed by atoms with E-state index < -0.39 is 26.5 Å². The molecule has 0 aromatic heterocycles. The van der Waals surface area contributed by atoms with Crippen molar-refractivity contribution in [3.8, 4) is 0 Å². The largest absolute Gasteiger partial charge is 0.472 e. The Kier molecular flexibility index (Phi) is 63.9. The summed E-state index contributed by atoms with van der Waals surface area (Å²) in [5, 5.41) is 0. The van der Waals surface area contributed by atoms with E-state index in [1.54, 1.807) is 0 Å². The lowest BCUT2D eigenvalue weighted by molar-refractivity contribution is -0.161. The Morgan fingerprint density at radius 2 is 0.658 bits per heavy atom. The third kappa shape index (κ3) is 65.3. The minimum Gasteiger partial charge on any atom is -0.462 e. The van der Waals surface area contributed by atoms with Gasteiger partial charge in [0.05, 0.1) is 13.2 Å². The van der Waals surface area contributed by atoms with E-state index in [-0.39, 0.29) is 38.6 Å². The van der Waals surface area contributed by atoms with Crippen molar-refractivity contribution in [2.75, 3.05) is 26.4 Å². The summed E-state index contributed by atoms with van der Waals surface area (Å²) < 4.78 is 33.2. The van der Waals surface area contributed by atoms with Crippen molar-refractivity contribution in [2.45, 2.75) is 367 Å². The molecule has 0 aliphatic heterocycles. The lowest BCUT2D eigenvalue weighted by Gasteiger charge is -2.19. The maximum atomic E-state index is 12.8. The van der Waals surface area contributed by atoms with Crippen LogP contribution in [0, 0.1) is 0 Å². The van der Waals surface area contributed by atoms with Crippen molar-refractivity contribution in [2.24, 2.45) is 5.73 Å². The predicted molar refractivity (Wildman–Crippen MR) is 340 cm³/mol. The number of rotatable bonds is 66. The average Bonchev–Trinajstić information content (AvgIpc) is 3.44. The number of esters is 2. The fourth-order valence-corrected chi connectivity index (χ4v) is 11.1. The molecule has 0 aromatic carbocycles. The smallest absolute Gasteiger partial charge is 0.462 e. The Bertz CT molecular complexity index is 1390. The number of phosphoric acid groups is 1. The van der Waals surface area contributed by atoms with E-state index in [1.807, 2.05) is 0 Å². The quantitative estimate of drug-likeness (QED) is 0.0264. The first-order valence-electron chi connectivity index (χ1n) is 34.5. The minimum absolute atomic E-state index is 0.0555. The summed E-state index contributed by atoms with van der Waals surface area (Å²) in [4.78, 5) is 35.3. The molecule has 0 spiro atoms. The maximum Gasteiger partial charge on any atom is 0.472 e. The van der Waals surface area contributed by atoms with Gasteiger partial charge in [-0.25, -0.2) is 4.57 Å². The lowest BCUT2D eigenvalue weighted by atomic mass is 10.0. The van der Waals surface area contributed by atoms with Crippen molar-refractivity contribution < 1.29 is 37.6 Å². The number of hydrogen-bond acceptors (Lipinski definition) is 8. The highest BCUT2D eigenvalue weighted by molar-refractivity contribution is 7.47. The molecule has 10 heteroatoms. The van der Waals surface area contributed by atoms with Crippen molar-refractivity contribution in [1.29, 1.82) is 0 Å². The molecule has 2 unspecified atom stereocenters. The summed E-state index contributed by atoms with van der Waals surface area (Å²) in [6.45, 7) is 3.80. The number of ether oxygens (including phenoxy) is 2. The summed E-state index contributed by atoms with van der Waals surface area (Å²) in [6.07, 6.45) is 81.0. The number of phosphoric ester groups is 1. The van der Waals surface area contributed by atoms with Crippen molar-refractivity contribution in [3.05, 3.63) is 36.5 Å². The monoisotopic (exact) mass is 1130 g/mol. The van der Waals surface area contributed by atoms with E-state index in [0.717, 1.165) is 38.5 Å². The standard InChI is InChI=1S/C69H132NO8P/c1-3-5-7-9-11-13-15-17-19-21-23-25-27-29-31-32-33-34-36-37-39-41-43-45-47-49-51-53-55-57-59-61-68(71)75-65-67(66-77-79(73,74)76-64-63-70)78-69(72)62-60-58-56-54-52-50-48-46-44-42-40-38-35-30-28-26-24-22-20-18-16-14-12-10-8-6-4-2/h16,18,21-24,67H,3-15,17,19-20,25-66,70H2,1-2H3,(H,73,74)/b18-16-,23-21-,24-22-. The predicted octanol–water partition coefficient (Wildman–Crippen LogP) is 22.3. The van der Waals surface area contributed by atoms with Gasteiger partial charge in [0.15, 0.2) is 6.10 Å². The second-order valence-electron chi connectivity index (χ2n) is 23.4. The fourth-order valence-electron chi connectivity index (χ4n) is 10.4. The van der Waals surface area contributed by atoms with Crippen molar-refractivity contribution >= 4 is 19.8 Å². The van der Waals surface area contributed by atoms with Crippen LogP contribution in [0.1, 0.15) is 361 Å². The van der Waals surface area contributed by atoms with Gasteiger partial charge in [-0.2, -0.15) is 0 Å². The van der Waals surface area contributed by atoms with Crippen LogP contribution in [0.4, 0.5) is 0 Å². The molecule has 0 fully saturated rings. The SMILES string of the molecule is CCCCCCC/C=C\C/C=C\CCCCCCCCCCCCCCCCCC(=O)OC(COC(=O)CCCCCCCCCCCCCCCCCCCCC/C=C\CCCCCCCCCC)COP(=O)(O)OCCN. The summed E-state index contributed by atoms with van der Waals surface area (Å²) in [5.74, 6) is -0.807. The van der Waals surface area contributed by atoms with Crippen LogP contribution in [0.3, 0.4) is 0 Å². The molecule has 0 bridgehead atoms. The minimum atomic E-state index is -4.39. The van der Waals surface area contributed by atoms with Crippen LogP contribution in [0.5, 0.6) is 0 Å². The highest BCUT2D eigenvalue weighted by atomic mass is 31.2. The second kappa shape index (κ2) is 65.4. The molecule has 0 aromatic rings. The number of allylic oxidation sites excluding steroid dienone is 6. The zero-order valence-corrected chi connectivity index (χ0v) is 53.3. The van der Waals surface area contributed by atoms with Gasteiger partial charge in [0.1, 0.15) is 6.61 Å². The normalized spacial score (nSPS) is 13.1. The molecule has 0 aliphatic carbocycles. The van der Waals surface area contributed by atoms with Gasteiger partial charge in [-0.3, -0.25) is 18.6 Å². The second-order valence-corrected chi connectivity index (χ2v) is 24.8. The molecule has 466 valence electrons. The van der Waals surface area contributed by atoms with Crippen LogP contribution in [0.25, 0.3) is 0 Å². The van der Waals surface area contributed by atoms with E-state index in [4.69, 9.17) is 24.3 Å². The molecule has 0 saturated carbocycles. The van der Waals surface area contributed by atoms with Crippen molar-refractivity contribution in [1.82, 2.24) is 0 Å². The maximum absolute atomic E-state index is 12.8. The van der Waals surface area contributed by atoms with Crippen LogP contribution in [-0.2, 0) is 32.7 Å². The Hall–Kier alpha value is -1.77. The Labute approximate surface area is 490 Å². The molecule has 0 saturated heterocycles. The van der Waals surface area contributed by atoms with E-state index in [2.05, 4.69) is 50.3 Å². The number of hydrogen-bond donors (Lipinski definition) is 2. The van der Waals surface area contributed by atoms with E-state index in [1.165, 1.54) is 289 Å². The van der Waals surface area contributed by atoms with Crippen molar-refractivity contribution in [3.63, 3.8) is 0 Å². The van der Waals surface area contributed by atoms with Crippen LogP contribution in [0.15, 0.2) is 36.5 Å². The number of unbranched alkanes of at least 4 members (excludes halogenated alkanes) is 47. The molecule has 0 heterocycles. The van der Waals surface area contributed by atoms with E-state index >= 15 is 0 Å². The van der Waals surface area contributed by atoms with Gasteiger partial charge >= 0.3 is 19.8 Å². The van der Waals surface area contributed by atoms with Gasteiger partial charge < -0.3 is 20.1 Å². The van der Waals surface area contributed by atoms with Gasteiger partial charge in [0.2, 0.25) is 0 Å². The van der Waals surface area contributed by atoms with Crippen LogP contribution in [-0.4, -0.2) is 49.3 Å². The van der Waals surface area contributed by atoms with E-state index in [9.17, 15) is 19.0 Å². The molecule has 0 rings (SSSR count). The summed E-state index contributed by atoms with van der Waals surface area (Å²) >= 11 is 0.